The molecule has 0 bridgehead atoms. The van der Waals surface area contributed by atoms with Crippen LogP contribution in [0.4, 0.5) is 30.7 Å². The number of amides is 1. The Morgan fingerprint density at radius 1 is 0.891 bits per heavy atom. The zero-order valence-electron chi connectivity index (χ0n) is 24.1. The van der Waals surface area contributed by atoms with Crippen LogP contribution < -0.4 is 5.32 Å². The van der Waals surface area contributed by atoms with Crippen LogP contribution in [0.1, 0.15) is 34.0 Å². The smallest absolute Gasteiger partial charge is 0.475 e. The number of alkyl halides is 6. The molecule has 3 heterocycles. The van der Waals surface area contributed by atoms with Crippen LogP contribution in [0.3, 0.4) is 0 Å². The molecule has 1 aromatic heterocycles. The molecule has 11 nitrogen and oxygen atoms in total. The fourth-order valence-electron chi connectivity index (χ4n) is 4.85. The maximum Gasteiger partial charge on any atom is 0.490 e. The largest absolute Gasteiger partial charge is 0.490 e. The monoisotopic (exact) mass is 662 g/mol. The summed E-state index contributed by atoms with van der Waals surface area (Å²) >= 11 is 0. The first-order valence-electron chi connectivity index (χ1n) is 13.4. The summed E-state index contributed by atoms with van der Waals surface area (Å²) in [4.78, 5) is 35.4. The molecule has 1 amide bonds. The summed E-state index contributed by atoms with van der Waals surface area (Å²) in [5.74, 6) is -4.74. The number of carboxylic acid groups (broad SMARTS) is 2. The molecule has 0 aliphatic carbocycles. The van der Waals surface area contributed by atoms with Gasteiger partial charge in [0.05, 0.1) is 12.1 Å². The second-order valence-electron chi connectivity index (χ2n) is 10.5. The van der Waals surface area contributed by atoms with Gasteiger partial charge < -0.3 is 20.1 Å². The summed E-state index contributed by atoms with van der Waals surface area (Å²) in [5, 5.41) is 25.7. The van der Waals surface area contributed by atoms with Gasteiger partial charge in [-0.05, 0) is 36.7 Å². The minimum atomic E-state index is -5.08. The lowest BCUT2D eigenvalue weighted by Gasteiger charge is -2.42. The fourth-order valence-corrected chi connectivity index (χ4v) is 4.85. The van der Waals surface area contributed by atoms with Crippen molar-refractivity contribution in [1.29, 1.82) is 0 Å². The average molecular weight is 663 g/mol. The van der Waals surface area contributed by atoms with E-state index in [1.54, 1.807) is 12.1 Å². The molecule has 0 radical (unpaired) electrons. The first-order chi connectivity index (χ1) is 21.4. The Hall–Kier alpha value is -4.58. The van der Waals surface area contributed by atoms with Crippen LogP contribution >= 0.6 is 0 Å². The van der Waals surface area contributed by atoms with E-state index >= 15 is 0 Å². The number of halogens is 7. The fraction of sp³-hybridized carbons (Fsp3) is 0.393. The number of fused-ring (bicyclic) bond motifs is 1. The lowest BCUT2D eigenvalue weighted by Crippen LogP contribution is -2.55. The summed E-state index contributed by atoms with van der Waals surface area (Å²) in [7, 11) is 2.11. The number of nitrogens with one attached hydrogen (secondary N) is 1. The number of likely N-dealkylation sites (tertiary alicyclic amines) is 1. The molecule has 46 heavy (non-hydrogen) atoms. The van der Waals surface area contributed by atoms with Gasteiger partial charge >= 0.3 is 24.3 Å². The molecule has 18 heteroatoms. The molecule has 2 aromatic carbocycles. The standard InChI is InChI=1S/C24H27FN6O.2C2HF3O2/c1-29-15-21-27-28-22(23(32)26-13-18-6-3-2-4-7-18)31(21)17-24(29)10-11-30(16-24)14-19-8-5-9-20(25)12-19;2*3-2(4,5)1(6)7/h2-9,12H,10-11,13-17H2,1H3,(H,26,32);2*(H,6,7). The number of hydrogen-bond acceptors (Lipinski definition) is 7. The Balaban J connectivity index is 0.000000345. The van der Waals surface area contributed by atoms with Crippen molar-refractivity contribution in [3.05, 3.63) is 83.2 Å². The number of hydrogen-bond donors (Lipinski definition) is 3. The highest BCUT2D eigenvalue weighted by atomic mass is 19.4. The molecule has 3 N–H and O–H groups in total. The third kappa shape index (κ3) is 9.71. The number of aliphatic carboxylic acids is 2. The van der Waals surface area contributed by atoms with E-state index in [1.807, 2.05) is 41.0 Å². The van der Waals surface area contributed by atoms with Crippen LogP contribution in [0.25, 0.3) is 0 Å². The lowest BCUT2D eigenvalue weighted by atomic mass is 9.94. The zero-order chi connectivity index (χ0) is 34.3. The Morgan fingerprint density at radius 3 is 2.04 bits per heavy atom. The van der Waals surface area contributed by atoms with Gasteiger partial charge in [-0.3, -0.25) is 14.6 Å². The van der Waals surface area contributed by atoms with E-state index in [0.717, 1.165) is 36.5 Å². The maximum absolute atomic E-state index is 13.6. The van der Waals surface area contributed by atoms with Crippen molar-refractivity contribution in [2.45, 2.75) is 50.5 Å². The van der Waals surface area contributed by atoms with Gasteiger partial charge in [-0.15, -0.1) is 10.2 Å². The van der Waals surface area contributed by atoms with Crippen LogP contribution in [0.5, 0.6) is 0 Å². The summed E-state index contributed by atoms with van der Waals surface area (Å²) < 4.78 is 79.0. The minimum absolute atomic E-state index is 0.100. The van der Waals surface area contributed by atoms with Gasteiger partial charge in [-0.25, -0.2) is 14.0 Å². The third-order valence-electron chi connectivity index (χ3n) is 7.16. The summed E-state index contributed by atoms with van der Waals surface area (Å²) in [6.07, 6.45) is -9.19. The Bertz CT molecular complexity index is 1490. The van der Waals surface area contributed by atoms with Crippen LogP contribution in [0, 0.1) is 5.82 Å². The molecule has 3 aromatic rings. The van der Waals surface area contributed by atoms with Crippen LogP contribution in [0.2, 0.25) is 0 Å². The van der Waals surface area contributed by atoms with E-state index in [4.69, 9.17) is 19.8 Å². The highest BCUT2D eigenvalue weighted by Crippen LogP contribution is 2.34. The van der Waals surface area contributed by atoms with Crippen LogP contribution in [-0.4, -0.2) is 90.7 Å². The molecule has 1 unspecified atom stereocenters. The Labute approximate surface area is 257 Å². The van der Waals surface area contributed by atoms with E-state index < -0.39 is 24.3 Å². The molecule has 1 saturated heterocycles. The molecule has 5 rings (SSSR count). The summed E-state index contributed by atoms with van der Waals surface area (Å²) in [6, 6.07) is 16.6. The highest BCUT2D eigenvalue weighted by Gasteiger charge is 2.46. The van der Waals surface area contributed by atoms with Crippen molar-refractivity contribution >= 4 is 17.8 Å². The number of carboxylic acids is 2. The number of nitrogens with zero attached hydrogens (tertiary/aromatic N) is 5. The first kappa shape index (κ1) is 35.9. The number of aromatic nitrogens is 3. The van der Waals surface area contributed by atoms with Gasteiger partial charge in [-0.1, -0.05) is 42.5 Å². The Morgan fingerprint density at radius 2 is 1.48 bits per heavy atom. The molecule has 250 valence electrons. The maximum atomic E-state index is 13.6. The molecule has 1 fully saturated rings. The SMILES string of the molecule is CN1Cc2nnc(C(=O)NCc3ccccc3)n2CC12CCN(Cc1cccc(F)c1)C2.O=C(O)C(F)(F)F.O=C(O)C(F)(F)F. The number of likely N-dealkylation sites (N-methyl/N-ethyl adjacent to an activating group) is 1. The molecule has 1 atom stereocenters. The number of rotatable bonds is 5. The molecule has 1 spiro atoms. The van der Waals surface area contributed by atoms with Gasteiger partial charge in [0.25, 0.3) is 5.91 Å². The van der Waals surface area contributed by atoms with E-state index in [-0.39, 0.29) is 17.3 Å². The van der Waals surface area contributed by atoms with Crippen molar-refractivity contribution in [1.82, 2.24) is 29.9 Å². The highest BCUT2D eigenvalue weighted by molar-refractivity contribution is 5.90. The van der Waals surface area contributed by atoms with Crippen molar-refractivity contribution in [3.63, 3.8) is 0 Å². The summed E-state index contributed by atoms with van der Waals surface area (Å²) in [5.41, 5.74) is 1.92. The number of carbonyl (C=O) groups excluding carboxylic acids is 1. The van der Waals surface area contributed by atoms with E-state index in [0.29, 0.717) is 32.0 Å². The zero-order valence-corrected chi connectivity index (χ0v) is 24.1. The van der Waals surface area contributed by atoms with Crippen LogP contribution in [0.15, 0.2) is 54.6 Å². The molecule has 0 saturated carbocycles. The lowest BCUT2D eigenvalue weighted by molar-refractivity contribution is -0.193. The number of carbonyl (C=O) groups is 3. The summed E-state index contributed by atoms with van der Waals surface area (Å²) in [6.45, 7) is 4.25. The normalized spacial score (nSPS) is 18.1. The second kappa shape index (κ2) is 14.7. The molecular weight excluding hydrogens is 633 g/mol. The average Bonchev–Trinajstić information content (AvgIpc) is 3.56. The minimum Gasteiger partial charge on any atom is -0.475 e. The second-order valence-corrected chi connectivity index (χ2v) is 10.5. The topological polar surface area (TPSA) is 141 Å². The molecule has 2 aliphatic heterocycles. The predicted octanol–water partition coefficient (Wildman–Crippen LogP) is 3.70. The van der Waals surface area contributed by atoms with Gasteiger partial charge in [0.15, 0.2) is 0 Å². The van der Waals surface area contributed by atoms with E-state index in [1.165, 1.54) is 6.07 Å². The molecule has 2 aliphatic rings. The predicted molar refractivity (Wildman–Crippen MR) is 146 cm³/mol. The van der Waals surface area contributed by atoms with Crippen LogP contribution in [-0.2, 0) is 35.8 Å². The van der Waals surface area contributed by atoms with Gasteiger partial charge in [-0.2, -0.15) is 26.3 Å². The van der Waals surface area contributed by atoms with Crippen molar-refractivity contribution in [2.75, 3.05) is 20.1 Å². The van der Waals surface area contributed by atoms with Crippen molar-refractivity contribution in [2.24, 2.45) is 0 Å². The van der Waals surface area contributed by atoms with Gasteiger partial charge in [0, 0.05) is 32.7 Å². The van der Waals surface area contributed by atoms with Gasteiger partial charge in [0.1, 0.15) is 11.6 Å². The third-order valence-corrected chi connectivity index (χ3v) is 7.16. The van der Waals surface area contributed by atoms with E-state index in [9.17, 15) is 35.5 Å². The first-order valence-corrected chi connectivity index (χ1v) is 13.4. The van der Waals surface area contributed by atoms with Crippen molar-refractivity contribution in [3.8, 4) is 0 Å². The van der Waals surface area contributed by atoms with Gasteiger partial charge in [0.2, 0.25) is 5.82 Å². The Kier molecular flexibility index (Phi) is 11.5. The van der Waals surface area contributed by atoms with Crippen molar-refractivity contribution < 1.29 is 55.3 Å². The number of benzene rings is 2. The van der Waals surface area contributed by atoms with E-state index in [2.05, 4.69) is 32.4 Å². The quantitative estimate of drug-likeness (QED) is 0.349. The molecular formula is C28H29F7N6O5.